The lowest BCUT2D eigenvalue weighted by molar-refractivity contribution is -0.384. The standard InChI is InChI=1S/C22H21N3O7/c1-30-17-11-16(12-18(13-17)31-2)24-21(26)19(14-3-5-15(6-4-14)25(28)29)20(22(24)27)23-7-9-32-10-8-23/h3-6,11-13H,7-10H2,1-2H3. The van der Waals surface area contributed by atoms with Gasteiger partial charge in [0.25, 0.3) is 17.5 Å². The van der Waals surface area contributed by atoms with Crippen LogP contribution in [0.2, 0.25) is 0 Å². The van der Waals surface area contributed by atoms with E-state index in [0.29, 0.717) is 49.1 Å². The zero-order chi connectivity index (χ0) is 22.8. The predicted molar refractivity (Wildman–Crippen MR) is 114 cm³/mol. The number of ether oxygens (including phenoxy) is 3. The van der Waals surface area contributed by atoms with Gasteiger partial charge in [-0.2, -0.15) is 0 Å². The highest BCUT2D eigenvalue weighted by Crippen LogP contribution is 2.38. The van der Waals surface area contributed by atoms with Gasteiger partial charge < -0.3 is 19.1 Å². The Morgan fingerprint density at radius 3 is 2.06 bits per heavy atom. The summed E-state index contributed by atoms with van der Waals surface area (Å²) < 4.78 is 16.0. The summed E-state index contributed by atoms with van der Waals surface area (Å²) in [6.07, 6.45) is 0. The van der Waals surface area contributed by atoms with E-state index in [-0.39, 0.29) is 17.0 Å². The summed E-state index contributed by atoms with van der Waals surface area (Å²) in [6.45, 7) is 1.73. The lowest BCUT2D eigenvalue weighted by Crippen LogP contribution is -2.40. The van der Waals surface area contributed by atoms with Crippen molar-refractivity contribution in [2.45, 2.75) is 0 Å². The summed E-state index contributed by atoms with van der Waals surface area (Å²) in [5.41, 5.74) is 1.06. The van der Waals surface area contributed by atoms with Gasteiger partial charge in [0.1, 0.15) is 17.2 Å². The topological polar surface area (TPSA) is 111 Å². The maximum atomic E-state index is 13.6. The molecule has 0 saturated carbocycles. The Balaban J connectivity index is 1.82. The molecule has 2 heterocycles. The van der Waals surface area contributed by atoms with Crippen molar-refractivity contribution in [1.29, 1.82) is 0 Å². The fraction of sp³-hybridized carbons (Fsp3) is 0.273. The number of morpholine rings is 1. The second-order valence-corrected chi connectivity index (χ2v) is 7.14. The largest absolute Gasteiger partial charge is 0.497 e. The van der Waals surface area contributed by atoms with Crippen LogP contribution in [0.5, 0.6) is 11.5 Å². The number of hydrogen-bond acceptors (Lipinski definition) is 8. The second kappa shape index (κ2) is 8.67. The second-order valence-electron chi connectivity index (χ2n) is 7.14. The fourth-order valence-corrected chi connectivity index (χ4v) is 3.76. The Bertz CT molecular complexity index is 1080. The van der Waals surface area contributed by atoms with Crippen LogP contribution in [0.15, 0.2) is 48.2 Å². The van der Waals surface area contributed by atoms with Crippen LogP contribution in [-0.2, 0) is 14.3 Å². The summed E-state index contributed by atoms with van der Waals surface area (Å²) in [5, 5.41) is 11.0. The van der Waals surface area contributed by atoms with Gasteiger partial charge >= 0.3 is 0 Å². The van der Waals surface area contributed by atoms with Crippen LogP contribution < -0.4 is 14.4 Å². The number of benzene rings is 2. The van der Waals surface area contributed by atoms with E-state index in [9.17, 15) is 19.7 Å². The van der Waals surface area contributed by atoms with Gasteiger partial charge in [-0.15, -0.1) is 0 Å². The number of amides is 2. The highest BCUT2D eigenvalue weighted by atomic mass is 16.6. The van der Waals surface area contributed by atoms with E-state index >= 15 is 0 Å². The summed E-state index contributed by atoms with van der Waals surface area (Å²) >= 11 is 0. The molecule has 10 heteroatoms. The van der Waals surface area contributed by atoms with Crippen molar-refractivity contribution in [2.24, 2.45) is 0 Å². The highest BCUT2D eigenvalue weighted by molar-refractivity contribution is 6.45. The number of carbonyl (C=O) groups excluding carboxylic acids is 2. The molecular formula is C22H21N3O7. The molecule has 0 aliphatic carbocycles. The van der Waals surface area contributed by atoms with Gasteiger partial charge in [-0.3, -0.25) is 19.7 Å². The van der Waals surface area contributed by atoms with E-state index in [4.69, 9.17) is 14.2 Å². The first-order chi connectivity index (χ1) is 15.4. The lowest BCUT2D eigenvalue weighted by atomic mass is 10.0. The number of methoxy groups -OCH3 is 2. The minimum atomic E-state index is -0.527. The van der Waals surface area contributed by atoms with E-state index in [2.05, 4.69) is 0 Å². The van der Waals surface area contributed by atoms with Crippen LogP contribution >= 0.6 is 0 Å². The van der Waals surface area contributed by atoms with E-state index in [1.54, 1.807) is 18.2 Å². The minimum absolute atomic E-state index is 0.103. The number of rotatable bonds is 6. The van der Waals surface area contributed by atoms with Gasteiger partial charge in [0, 0.05) is 43.4 Å². The van der Waals surface area contributed by atoms with E-state index in [0.717, 1.165) is 4.90 Å². The summed E-state index contributed by atoms with van der Waals surface area (Å²) in [5.74, 6) is -0.158. The summed E-state index contributed by atoms with van der Waals surface area (Å²) in [4.78, 5) is 40.5. The van der Waals surface area contributed by atoms with Crippen LogP contribution in [0.4, 0.5) is 11.4 Å². The molecule has 0 atom stereocenters. The predicted octanol–water partition coefficient (Wildman–Crippen LogP) is 2.23. The van der Waals surface area contributed by atoms with Crippen LogP contribution in [0.25, 0.3) is 5.57 Å². The molecule has 32 heavy (non-hydrogen) atoms. The van der Waals surface area contributed by atoms with Crippen molar-refractivity contribution in [3.05, 3.63) is 63.8 Å². The smallest absolute Gasteiger partial charge is 0.282 e. The highest BCUT2D eigenvalue weighted by Gasteiger charge is 2.43. The zero-order valence-corrected chi connectivity index (χ0v) is 17.6. The molecule has 1 saturated heterocycles. The molecule has 0 spiro atoms. The van der Waals surface area contributed by atoms with Crippen LogP contribution in [0.3, 0.4) is 0 Å². The van der Waals surface area contributed by atoms with Crippen molar-refractivity contribution in [1.82, 2.24) is 4.90 Å². The number of imide groups is 1. The first-order valence-electron chi connectivity index (χ1n) is 9.88. The monoisotopic (exact) mass is 439 g/mol. The van der Waals surface area contributed by atoms with Crippen molar-refractivity contribution < 1.29 is 28.7 Å². The number of carbonyl (C=O) groups is 2. The molecule has 0 N–H and O–H groups in total. The van der Waals surface area contributed by atoms with Gasteiger partial charge in [0.2, 0.25) is 0 Å². The molecule has 2 aliphatic heterocycles. The minimum Gasteiger partial charge on any atom is -0.497 e. The number of nitro benzene ring substituents is 1. The molecule has 2 aromatic rings. The van der Waals surface area contributed by atoms with Crippen LogP contribution in [0, 0.1) is 10.1 Å². The first kappa shape index (κ1) is 21.3. The molecule has 0 unspecified atom stereocenters. The van der Waals surface area contributed by atoms with Crippen molar-refractivity contribution >= 4 is 28.8 Å². The average molecular weight is 439 g/mol. The third-order valence-corrected chi connectivity index (χ3v) is 5.35. The van der Waals surface area contributed by atoms with Gasteiger partial charge in [0.15, 0.2) is 0 Å². The zero-order valence-electron chi connectivity index (χ0n) is 17.6. The Morgan fingerprint density at radius 1 is 0.938 bits per heavy atom. The molecule has 1 fully saturated rings. The Kier molecular flexibility index (Phi) is 5.78. The third kappa shape index (κ3) is 3.76. The number of anilines is 1. The molecule has 166 valence electrons. The van der Waals surface area contributed by atoms with Gasteiger partial charge in [-0.05, 0) is 17.7 Å². The van der Waals surface area contributed by atoms with E-state index in [1.807, 2.05) is 4.90 Å². The molecule has 2 aliphatic rings. The number of nitrogens with zero attached hydrogens (tertiary/aromatic N) is 3. The van der Waals surface area contributed by atoms with E-state index < -0.39 is 16.7 Å². The maximum absolute atomic E-state index is 13.6. The third-order valence-electron chi connectivity index (χ3n) is 5.35. The van der Waals surface area contributed by atoms with Gasteiger partial charge in [0.05, 0.1) is 43.6 Å². The Labute approximate surface area is 183 Å². The van der Waals surface area contributed by atoms with Gasteiger partial charge in [-0.1, -0.05) is 0 Å². The normalized spacial score (nSPS) is 16.6. The lowest BCUT2D eigenvalue weighted by Gasteiger charge is -2.29. The molecular weight excluding hydrogens is 418 g/mol. The number of hydrogen-bond donors (Lipinski definition) is 0. The SMILES string of the molecule is COc1cc(OC)cc(N2C(=O)C(c3ccc([N+](=O)[O-])cc3)=C(N3CCOCC3)C2=O)c1. The molecule has 10 nitrogen and oxygen atoms in total. The number of non-ortho nitro benzene ring substituents is 1. The Morgan fingerprint density at radius 2 is 1.53 bits per heavy atom. The fourth-order valence-electron chi connectivity index (χ4n) is 3.76. The quantitative estimate of drug-likeness (QED) is 0.383. The first-order valence-corrected chi connectivity index (χ1v) is 9.88. The molecule has 0 bridgehead atoms. The molecule has 4 rings (SSSR count). The summed E-state index contributed by atoms with van der Waals surface area (Å²) in [7, 11) is 2.96. The van der Waals surface area contributed by atoms with Crippen LogP contribution in [-0.4, -0.2) is 62.2 Å². The van der Waals surface area contributed by atoms with Crippen LogP contribution in [0.1, 0.15) is 5.56 Å². The molecule has 2 aromatic carbocycles. The van der Waals surface area contributed by atoms with E-state index in [1.165, 1.54) is 38.5 Å². The summed E-state index contributed by atoms with van der Waals surface area (Å²) in [6, 6.07) is 10.4. The van der Waals surface area contributed by atoms with Crippen molar-refractivity contribution in [3.8, 4) is 11.5 Å². The molecule has 0 aromatic heterocycles. The van der Waals surface area contributed by atoms with Crippen molar-refractivity contribution in [2.75, 3.05) is 45.4 Å². The van der Waals surface area contributed by atoms with Crippen molar-refractivity contribution in [3.63, 3.8) is 0 Å². The maximum Gasteiger partial charge on any atom is 0.282 e. The Hall–Kier alpha value is -3.92. The van der Waals surface area contributed by atoms with Gasteiger partial charge in [-0.25, -0.2) is 4.90 Å². The average Bonchev–Trinajstić information content (AvgIpc) is 3.09. The molecule has 0 radical (unpaired) electrons. The molecule has 2 amide bonds. The number of nitro groups is 1.